The highest BCUT2D eigenvalue weighted by atomic mass is 16.6. The SMILES string of the molecule is C=CCNC1=C2C[C@@H](C)CC(OC)C[C@@H](C)/C=C(\C)C(OC(N)=O)C(OC)/C=C\C=C(/C)C(=O)NC(=CC1=O)C2=O. The summed E-state index contributed by atoms with van der Waals surface area (Å²) in [5.41, 5.74) is 6.84. The van der Waals surface area contributed by atoms with Crippen LogP contribution in [0.5, 0.6) is 0 Å². The van der Waals surface area contributed by atoms with Gasteiger partial charge in [-0.25, -0.2) is 4.79 Å². The molecule has 2 amide bonds. The summed E-state index contributed by atoms with van der Waals surface area (Å²) in [5, 5.41) is 5.60. The summed E-state index contributed by atoms with van der Waals surface area (Å²) in [6.45, 7) is 11.4. The Hall–Kier alpha value is -3.76. The Labute approximate surface area is 242 Å². The molecule has 0 spiro atoms. The third-order valence-corrected chi connectivity index (χ3v) is 7.01. The Morgan fingerprint density at radius 3 is 2.49 bits per heavy atom. The number of rotatable bonds is 6. The zero-order valence-electron chi connectivity index (χ0n) is 24.8. The molecule has 1 heterocycles. The fourth-order valence-electron chi connectivity index (χ4n) is 5.00. The van der Waals surface area contributed by atoms with Crippen LogP contribution < -0.4 is 16.4 Å². The first-order valence-electron chi connectivity index (χ1n) is 13.7. The van der Waals surface area contributed by atoms with Gasteiger partial charge in [0.2, 0.25) is 11.6 Å². The highest BCUT2D eigenvalue weighted by Gasteiger charge is 2.31. The smallest absolute Gasteiger partial charge is 0.405 e. The van der Waals surface area contributed by atoms with Crippen LogP contribution in [0.25, 0.3) is 0 Å². The van der Waals surface area contributed by atoms with Crippen molar-refractivity contribution in [3.63, 3.8) is 0 Å². The maximum Gasteiger partial charge on any atom is 0.405 e. The number of allylic oxidation sites excluding steroid dienone is 5. The van der Waals surface area contributed by atoms with Gasteiger partial charge in [-0.2, -0.15) is 0 Å². The van der Waals surface area contributed by atoms with Gasteiger partial charge in [-0.3, -0.25) is 14.4 Å². The average Bonchev–Trinajstić information content (AvgIpc) is 2.91. The number of carbonyl (C=O) groups is 4. The molecule has 0 aromatic carbocycles. The minimum Gasteiger partial charge on any atom is -0.439 e. The maximum atomic E-state index is 13.5. The summed E-state index contributed by atoms with van der Waals surface area (Å²) in [6.07, 6.45) is 8.54. The van der Waals surface area contributed by atoms with Gasteiger partial charge in [-0.1, -0.05) is 44.2 Å². The van der Waals surface area contributed by atoms with Gasteiger partial charge in [0.05, 0.1) is 17.5 Å². The number of ketones is 2. The number of carbonyl (C=O) groups excluding carboxylic acids is 4. The van der Waals surface area contributed by atoms with Crippen LogP contribution in [0.2, 0.25) is 0 Å². The van der Waals surface area contributed by atoms with Crippen molar-refractivity contribution >= 4 is 23.6 Å². The van der Waals surface area contributed by atoms with Gasteiger partial charge in [-0.05, 0) is 50.5 Å². The lowest BCUT2D eigenvalue weighted by Crippen LogP contribution is -2.36. The third kappa shape index (κ3) is 9.68. The molecule has 0 saturated heterocycles. The second kappa shape index (κ2) is 15.9. The molecule has 1 aliphatic heterocycles. The number of Topliss-reactive ketones (excluding diaryl/α,β-unsaturated/α-hetero) is 1. The number of amides is 2. The molecule has 3 unspecified atom stereocenters. The van der Waals surface area contributed by atoms with Crippen molar-refractivity contribution < 1.29 is 33.4 Å². The number of primary amides is 1. The Morgan fingerprint density at radius 2 is 1.88 bits per heavy atom. The van der Waals surface area contributed by atoms with Gasteiger partial charge in [0, 0.05) is 38.0 Å². The molecule has 2 bridgehead atoms. The van der Waals surface area contributed by atoms with Crippen molar-refractivity contribution in [2.45, 2.75) is 65.3 Å². The number of ether oxygens (including phenoxy) is 3. The predicted molar refractivity (Wildman–Crippen MR) is 156 cm³/mol. The molecule has 10 nitrogen and oxygen atoms in total. The van der Waals surface area contributed by atoms with Crippen LogP contribution in [-0.4, -0.2) is 62.6 Å². The number of nitrogens with two attached hydrogens (primary N) is 1. The van der Waals surface area contributed by atoms with Gasteiger partial charge in [0.25, 0.3) is 5.91 Å². The van der Waals surface area contributed by atoms with Gasteiger partial charge in [0.15, 0.2) is 6.10 Å². The van der Waals surface area contributed by atoms with E-state index in [9.17, 15) is 19.2 Å². The first kappa shape index (κ1) is 33.4. The predicted octanol–water partition coefficient (Wildman–Crippen LogP) is 3.57. The highest BCUT2D eigenvalue weighted by Crippen LogP contribution is 2.28. The van der Waals surface area contributed by atoms with Crippen LogP contribution in [0, 0.1) is 11.8 Å². The van der Waals surface area contributed by atoms with E-state index in [0.717, 1.165) is 11.6 Å². The van der Waals surface area contributed by atoms with Crippen LogP contribution in [0.1, 0.15) is 47.0 Å². The number of hydrogen-bond donors (Lipinski definition) is 3. The molecule has 0 saturated carbocycles. The molecule has 41 heavy (non-hydrogen) atoms. The molecule has 2 aliphatic rings. The minimum atomic E-state index is -0.936. The summed E-state index contributed by atoms with van der Waals surface area (Å²) in [6, 6.07) is 0. The molecular formula is C31H43N3O7. The van der Waals surface area contributed by atoms with E-state index < -0.39 is 35.8 Å². The van der Waals surface area contributed by atoms with E-state index in [-0.39, 0.29) is 34.9 Å². The van der Waals surface area contributed by atoms with Crippen molar-refractivity contribution in [1.29, 1.82) is 0 Å². The zero-order valence-corrected chi connectivity index (χ0v) is 24.8. The topological polar surface area (TPSA) is 146 Å². The minimum absolute atomic E-state index is 0.0312. The second-order valence-corrected chi connectivity index (χ2v) is 10.5. The number of nitrogens with one attached hydrogen (secondary N) is 2. The molecule has 1 aliphatic carbocycles. The van der Waals surface area contributed by atoms with E-state index in [1.807, 2.05) is 26.8 Å². The Morgan fingerprint density at radius 1 is 1.17 bits per heavy atom. The fourth-order valence-corrected chi connectivity index (χ4v) is 5.00. The Balaban J connectivity index is 2.57. The highest BCUT2D eigenvalue weighted by molar-refractivity contribution is 6.23. The summed E-state index contributed by atoms with van der Waals surface area (Å²) in [7, 11) is 3.11. The first-order valence-corrected chi connectivity index (χ1v) is 13.7. The Kier molecular flexibility index (Phi) is 13.0. The van der Waals surface area contributed by atoms with Crippen LogP contribution in [0.3, 0.4) is 0 Å². The molecule has 4 N–H and O–H groups in total. The molecule has 0 fully saturated rings. The van der Waals surface area contributed by atoms with E-state index >= 15 is 0 Å². The van der Waals surface area contributed by atoms with Crippen LogP contribution in [0.4, 0.5) is 4.79 Å². The lowest BCUT2D eigenvalue weighted by Gasteiger charge is -2.26. The fraction of sp³-hybridized carbons (Fsp3) is 0.484. The summed E-state index contributed by atoms with van der Waals surface area (Å²) in [4.78, 5) is 51.2. The summed E-state index contributed by atoms with van der Waals surface area (Å²) in [5.74, 6) is -1.34. The van der Waals surface area contributed by atoms with Gasteiger partial charge < -0.3 is 30.6 Å². The van der Waals surface area contributed by atoms with Gasteiger partial charge >= 0.3 is 6.09 Å². The van der Waals surface area contributed by atoms with Gasteiger partial charge in [0.1, 0.15) is 6.10 Å². The zero-order chi connectivity index (χ0) is 30.7. The van der Waals surface area contributed by atoms with Crippen molar-refractivity contribution in [3.05, 3.63) is 71.1 Å². The number of methoxy groups -OCH3 is 2. The van der Waals surface area contributed by atoms with E-state index in [1.165, 1.54) is 13.2 Å². The van der Waals surface area contributed by atoms with E-state index in [1.54, 1.807) is 32.3 Å². The number of fused-ring (bicyclic) bond motifs is 2. The van der Waals surface area contributed by atoms with Crippen molar-refractivity contribution in [2.24, 2.45) is 17.6 Å². The molecular weight excluding hydrogens is 526 g/mol. The second-order valence-electron chi connectivity index (χ2n) is 10.5. The monoisotopic (exact) mass is 569 g/mol. The van der Waals surface area contributed by atoms with E-state index in [4.69, 9.17) is 19.9 Å². The van der Waals surface area contributed by atoms with Crippen molar-refractivity contribution in [1.82, 2.24) is 10.6 Å². The summed E-state index contributed by atoms with van der Waals surface area (Å²) < 4.78 is 16.8. The molecule has 5 atom stereocenters. The van der Waals surface area contributed by atoms with Crippen molar-refractivity contribution in [2.75, 3.05) is 20.8 Å². The van der Waals surface area contributed by atoms with Gasteiger partial charge in [-0.15, -0.1) is 6.58 Å². The van der Waals surface area contributed by atoms with E-state index in [2.05, 4.69) is 17.2 Å². The molecule has 2 rings (SSSR count). The molecule has 224 valence electrons. The number of hydrogen-bond acceptors (Lipinski definition) is 8. The third-order valence-electron chi connectivity index (χ3n) is 7.01. The summed E-state index contributed by atoms with van der Waals surface area (Å²) >= 11 is 0. The normalized spacial score (nSPS) is 30.2. The standard InChI is InChI=1S/C31H43N3O7/c1-8-12-33-27-23-16-19(3)15-22(39-6)14-18(2)13-21(5)29(41-31(32)38)26(40-7)11-9-10-20(4)30(37)34-24(28(23)36)17-25(27)35/h8-11,13,17-19,22,26,29,33H,1,12,14-16H2,2-7H3,(H2,32,38)(H,34,37)/b11-9-,20-10+,21-13+/t18-,19-,22?,26?,29?/m0/s1. The van der Waals surface area contributed by atoms with Crippen LogP contribution in [-0.2, 0) is 28.6 Å². The van der Waals surface area contributed by atoms with E-state index in [0.29, 0.717) is 31.4 Å². The largest absolute Gasteiger partial charge is 0.439 e. The van der Waals surface area contributed by atoms with Crippen LogP contribution in [0.15, 0.2) is 71.1 Å². The molecule has 0 aromatic rings. The maximum absolute atomic E-state index is 13.5. The average molecular weight is 570 g/mol. The molecule has 0 aromatic heterocycles. The Bertz CT molecular complexity index is 1180. The molecule has 0 radical (unpaired) electrons. The van der Waals surface area contributed by atoms with Crippen molar-refractivity contribution in [3.8, 4) is 0 Å². The lowest BCUT2D eigenvalue weighted by molar-refractivity contribution is -0.120. The lowest BCUT2D eigenvalue weighted by atomic mass is 9.86. The first-order chi connectivity index (χ1) is 19.4. The molecule has 10 heteroatoms. The quantitative estimate of drug-likeness (QED) is 0.325. The van der Waals surface area contributed by atoms with Crippen LogP contribution >= 0.6 is 0 Å².